The molecule has 1 aliphatic carbocycles. The van der Waals surface area contributed by atoms with E-state index in [1.807, 2.05) is 6.92 Å². The second kappa shape index (κ2) is 5.54. The molecule has 0 aliphatic heterocycles. The maximum Gasteiger partial charge on any atom is 0.148 e. The maximum absolute atomic E-state index is 10.6. The van der Waals surface area contributed by atoms with Crippen molar-refractivity contribution in [1.82, 2.24) is 9.97 Å². The molecule has 0 saturated heterocycles. The zero-order valence-electron chi connectivity index (χ0n) is 12.5. The van der Waals surface area contributed by atoms with Gasteiger partial charge < -0.3 is 15.8 Å². The number of nitrogen functional groups attached to an aromatic ring is 1. The van der Waals surface area contributed by atoms with Crippen molar-refractivity contribution < 1.29 is 5.11 Å². The number of nitrogens with two attached hydrogens (primary N) is 1. The Balaban J connectivity index is 1.99. The summed E-state index contributed by atoms with van der Waals surface area (Å²) < 4.78 is 0. The fraction of sp³-hybridized carbons (Fsp3) is 0.714. The fourth-order valence-electron chi connectivity index (χ4n) is 2.59. The molecule has 1 aromatic rings. The van der Waals surface area contributed by atoms with Crippen LogP contribution in [0.15, 0.2) is 6.33 Å². The highest BCUT2D eigenvalue weighted by molar-refractivity contribution is 5.55. The summed E-state index contributed by atoms with van der Waals surface area (Å²) in [5, 5.41) is 13.9. The Hall–Kier alpha value is -1.40. The van der Waals surface area contributed by atoms with Crippen molar-refractivity contribution in [3.05, 3.63) is 11.9 Å². The van der Waals surface area contributed by atoms with Gasteiger partial charge in [0.1, 0.15) is 18.0 Å². The number of hydrogen-bond acceptors (Lipinski definition) is 6. The highest BCUT2D eigenvalue weighted by atomic mass is 16.3. The molecule has 0 bridgehead atoms. The van der Waals surface area contributed by atoms with E-state index in [-0.39, 0.29) is 0 Å². The standard InChI is InChI=1S/C14H25N5O/c1-10-11(17-9-18-12(10)19-15)16-8-14(20)6-4-13(2,3)5-7-14/h9,20H,4-8,15H2,1-3H3,(H2,16,17,18,19). The van der Waals surface area contributed by atoms with Gasteiger partial charge in [0.25, 0.3) is 0 Å². The molecule has 0 amide bonds. The molecule has 1 aromatic heterocycles. The van der Waals surface area contributed by atoms with Crippen molar-refractivity contribution in [3.8, 4) is 0 Å². The van der Waals surface area contributed by atoms with Crippen LogP contribution in [0.25, 0.3) is 0 Å². The molecule has 112 valence electrons. The molecule has 0 aromatic carbocycles. The Morgan fingerprint density at radius 1 is 1.20 bits per heavy atom. The van der Waals surface area contributed by atoms with Gasteiger partial charge in [0.05, 0.1) is 5.60 Å². The van der Waals surface area contributed by atoms with Gasteiger partial charge in [-0.15, -0.1) is 0 Å². The lowest BCUT2D eigenvalue weighted by atomic mass is 9.71. The Kier molecular flexibility index (Phi) is 4.15. The van der Waals surface area contributed by atoms with E-state index >= 15 is 0 Å². The number of anilines is 2. The number of aliphatic hydroxyl groups is 1. The lowest BCUT2D eigenvalue weighted by molar-refractivity contribution is -0.0146. The van der Waals surface area contributed by atoms with Gasteiger partial charge in [0, 0.05) is 12.1 Å². The first-order valence-corrected chi connectivity index (χ1v) is 7.10. The van der Waals surface area contributed by atoms with E-state index in [0.29, 0.717) is 23.6 Å². The molecule has 0 spiro atoms. The van der Waals surface area contributed by atoms with Gasteiger partial charge in [-0.1, -0.05) is 13.8 Å². The van der Waals surface area contributed by atoms with Crippen LogP contribution in [0.5, 0.6) is 0 Å². The molecule has 6 nitrogen and oxygen atoms in total. The Morgan fingerprint density at radius 3 is 2.40 bits per heavy atom. The van der Waals surface area contributed by atoms with Crippen molar-refractivity contribution in [3.63, 3.8) is 0 Å². The van der Waals surface area contributed by atoms with Crippen LogP contribution in [0.2, 0.25) is 0 Å². The predicted octanol–water partition coefficient (Wildman–Crippen LogP) is 1.81. The van der Waals surface area contributed by atoms with Gasteiger partial charge in [-0.2, -0.15) is 0 Å². The number of rotatable bonds is 4. The average molecular weight is 279 g/mol. The van der Waals surface area contributed by atoms with Crippen molar-refractivity contribution in [1.29, 1.82) is 0 Å². The lowest BCUT2D eigenvalue weighted by Crippen LogP contribution is -2.42. The number of nitrogens with one attached hydrogen (secondary N) is 2. The van der Waals surface area contributed by atoms with Crippen molar-refractivity contribution in [2.45, 2.75) is 52.1 Å². The van der Waals surface area contributed by atoms with Gasteiger partial charge in [0.2, 0.25) is 0 Å². The molecule has 1 saturated carbocycles. The van der Waals surface area contributed by atoms with Crippen LogP contribution in [0.3, 0.4) is 0 Å². The zero-order chi connectivity index (χ0) is 14.8. The molecule has 2 rings (SSSR count). The molecular formula is C14H25N5O. The third-order valence-electron chi connectivity index (χ3n) is 4.34. The summed E-state index contributed by atoms with van der Waals surface area (Å²) in [5.74, 6) is 6.71. The van der Waals surface area contributed by atoms with Crippen LogP contribution in [-0.4, -0.2) is 27.2 Å². The van der Waals surface area contributed by atoms with Gasteiger partial charge >= 0.3 is 0 Å². The van der Waals surface area contributed by atoms with Crippen molar-refractivity contribution in [2.24, 2.45) is 11.3 Å². The Labute approximate surface area is 120 Å². The summed E-state index contributed by atoms with van der Waals surface area (Å²) in [6, 6.07) is 0. The molecule has 1 aliphatic rings. The Bertz CT molecular complexity index is 465. The molecule has 5 N–H and O–H groups in total. The number of hydrazine groups is 1. The smallest absolute Gasteiger partial charge is 0.148 e. The van der Waals surface area contributed by atoms with Crippen LogP contribution < -0.4 is 16.6 Å². The molecule has 0 radical (unpaired) electrons. The predicted molar refractivity (Wildman–Crippen MR) is 80.3 cm³/mol. The van der Waals surface area contributed by atoms with Crippen molar-refractivity contribution >= 4 is 11.6 Å². The summed E-state index contributed by atoms with van der Waals surface area (Å²) in [5.41, 5.74) is 3.09. The van der Waals surface area contributed by atoms with E-state index in [9.17, 15) is 5.11 Å². The number of hydrogen-bond donors (Lipinski definition) is 4. The van der Waals surface area contributed by atoms with Crippen LogP contribution >= 0.6 is 0 Å². The molecular weight excluding hydrogens is 254 g/mol. The number of nitrogens with zero attached hydrogens (tertiary/aromatic N) is 2. The first-order valence-electron chi connectivity index (χ1n) is 7.10. The Morgan fingerprint density at radius 2 is 1.80 bits per heavy atom. The minimum atomic E-state index is -0.650. The second-order valence-corrected chi connectivity index (χ2v) is 6.58. The third kappa shape index (κ3) is 3.37. The minimum absolute atomic E-state index is 0.341. The van der Waals surface area contributed by atoms with E-state index in [2.05, 4.69) is 34.6 Å². The largest absolute Gasteiger partial charge is 0.388 e. The third-order valence-corrected chi connectivity index (χ3v) is 4.34. The van der Waals surface area contributed by atoms with E-state index in [0.717, 1.165) is 31.2 Å². The summed E-state index contributed by atoms with van der Waals surface area (Å²) in [4.78, 5) is 8.24. The van der Waals surface area contributed by atoms with Crippen LogP contribution in [0.4, 0.5) is 11.6 Å². The molecule has 20 heavy (non-hydrogen) atoms. The van der Waals surface area contributed by atoms with Gasteiger partial charge in [0.15, 0.2) is 0 Å². The van der Waals surface area contributed by atoms with Gasteiger partial charge in [-0.25, -0.2) is 15.8 Å². The first kappa shape index (κ1) is 15.0. The molecule has 1 heterocycles. The van der Waals surface area contributed by atoms with Crippen LogP contribution in [-0.2, 0) is 0 Å². The van der Waals surface area contributed by atoms with Gasteiger partial charge in [-0.05, 0) is 38.0 Å². The lowest BCUT2D eigenvalue weighted by Gasteiger charge is -2.40. The first-order chi connectivity index (χ1) is 9.35. The quantitative estimate of drug-likeness (QED) is 0.496. The zero-order valence-corrected chi connectivity index (χ0v) is 12.5. The van der Waals surface area contributed by atoms with E-state index in [1.165, 1.54) is 6.33 Å². The van der Waals surface area contributed by atoms with Crippen molar-refractivity contribution in [2.75, 3.05) is 17.3 Å². The van der Waals surface area contributed by atoms with Crippen LogP contribution in [0, 0.1) is 12.3 Å². The highest BCUT2D eigenvalue weighted by Crippen LogP contribution is 2.40. The summed E-state index contributed by atoms with van der Waals surface area (Å²) in [6.45, 7) is 6.91. The minimum Gasteiger partial charge on any atom is -0.388 e. The monoisotopic (exact) mass is 279 g/mol. The van der Waals surface area contributed by atoms with Crippen LogP contribution in [0.1, 0.15) is 45.1 Å². The molecule has 0 unspecified atom stereocenters. The van der Waals surface area contributed by atoms with E-state index < -0.39 is 5.60 Å². The SMILES string of the molecule is Cc1c(NN)ncnc1NCC1(O)CCC(C)(C)CC1. The average Bonchev–Trinajstić information content (AvgIpc) is 2.42. The summed E-state index contributed by atoms with van der Waals surface area (Å²) in [7, 11) is 0. The van der Waals surface area contributed by atoms with E-state index in [4.69, 9.17) is 5.84 Å². The second-order valence-electron chi connectivity index (χ2n) is 6.58. The summed E-state index contributed by atoms with van der Waals surface area (Å²) in [6.07, 6.45) is 5.18. The maximum atomic E-state index is 10.6. The highest BCUT2D eigenvalue weighted by Gasteiger charge is 2.36. The molecule has 1 fully saturated rings. The normalized spacial score (nSPS) is 20.4. The molecule has 6 heteroatoms. The topological polar surface area (TPSA) is 96.1 Å². The van der Waals surface area contributed by atoms with Gasteiger partial charge in [-0.3, -0.25) is 0 Å². The fourth-order valence-corrected chi connectivity index (χ4v) is 2.59. The summed E-state index contributed by atoms with van der Waals surface area (Å²) >= 11 is 0. The number of aromatic nitrogens is 2. The molecule has 0 atom stereocenters. The van der Waals surface area contributed by atoms with E-state index in [1.54, 1.807) is 0 Å².